The summed E-state index contributed by atoms with van der Waals surface area (Å²) in [5.74, 6) is 0. The van der Waals surface area contributed by atoms with Crippen molar-refractivity contribution in [2.45, 2.75) is 26.4 Å². The van der Waals surface area contributed by atoms with Gasteiger partial charge in [-0.25, -0.2) is 0 Å². The lowest BCUT2D eigenvalue weighted by molar-refractivity contribution is 0.246. The van der Waals surface area contributed by atoms with Gasteiger partial charge >= 0.3 is 0 Å². The molecule has 0 aromatic heterocycles. The van der Waals surface area contributed by atoms with Crippen molar-refractivity contribution in [1.29, 1.82) is 0 Å². The van der Waals surface area contributed by atoms with Crippen molar-refractivity contribution in [1.82, 2.24) is 4.90 Å². The van der Waals surface area contributed by atoms with E-state index in [-0.39, 0.29) is 0 Å². The van der Waals surface area contributed by atoms with E-state index in [0.29, 0.717) is 0 Å². The third kappa shape index (κ3) is 2.64. The molecule has 0 unspecified atom stereocenters. The fourth-order valence-electron chi connectivity index (χ4n) is 2.79. The van der Waals surface area contributed by atoms with E-state index < -0.39 is 0 Å². The van der Waals surface area contributed by atoms with Crippen molar-refractivity contribution < 1.29 is 0 Å². The fraction of sp³-hybridized carbons (Fsp3) is 0.294. The summed E-state index contributed by atoms with van der Waals surface area (Å²) in [5.41, 5.74) is 12.4. The second kappa shape index (κ2) is 5.06. The summed E-state index contributed by atoms with van der Waals surface area (Å²) in [6.45, 7) is 5.17. The van der Waals surface area contributed by atoms with Gasteiger partial charge in [-0.1, -0.05) is 36.4 Å². The molecular formula is C17H20N2. The number of nitrogens with zero attached hydrogens (tertiary/aromatic N) is 1. The van der Waals surface area contributed by atoms with Gasteiger partial charge in [0, 0.05) is 25.3 Å². The predicted octanol–water partition coefficient (Wildman–Crippen LogP) is 3.14. The standard InChI is InChI=1S/C17H20N2/c1-13-6-7-16(17(18)10-13)12-19-9-8-14-4-2-3-5-15(14)11-19/h2-7,10H,8-9,11-12,18H2,1H3. The Morgan fingerprint density at radius 2 is 1.89 bits per heavy atom. The highest BCUT2D eigenvalue weighted by atomic mass is 15.1. The van der Waals surface area contributed by atoms with Gasteiger partial charge in [-0.2, -0.15) is 0 Å². The number of hydrogen-bond donors (Lipinski definition) is 1. The first kappa shape index (κ1) is 12.2. The van der Waals surface area contributed by atoms with Gasteiger partial charge in [-0.3, -0.25) is 4.90 Å². The summed E-state index contributed by atoms with van der Waals surface area (Å²) in [7, 11) is 0. The Morgan fingerprint density at radius 3 is 2.68 bits per heavy atom. The van der Waals surface area contributed by atoms with Gasteiger partial charge in [0.05, 0.1) is 0 Å². The zero-order valence-electron chi connectivity index (χ0n) is 11.4. The maximum Gasteiger partial charge on any atom is 0.0362 e. The van der Waals surface area contributed by atoms with Crippen LogP contribution in [0.5, 0.6) is 0 Å². The average molecular weight is 252 g/mol. The summed E-state index contributed by atoms with van der Waals surface area (Å²) >= 11 is 0. The summed E-state index contributed by atoms with van der Waals surface area (Å²) in [6.07, 6.45) is 1.14. The van der Waals surface area contributed by atoms with Crippen LogP contribution in [0.25, 0.3) is 0 Å². The fourth-order valence-corrected chi connectivity index (χ4v) is 2.79. The third-order valence-corrected chi connectivity index (χ3v) is 3.91. The Hall–Kier alpha value is -1.80. The van der Waals surface area contributed by atoms with Crippen LogP contribution in [0.2, 0.25) is 0 Å². The van der Waals surface area contributed by atoms with E-state index in [9.17, 15) is 0 Å². The van der Waals surface area contributed by atoms with E-state index >= 15 is 0 Å². The Bertz CT molecular complexity index is 590. The number of rotatable bonds is 2. The van der Waals surface area contributed by atoms with Crippen LogP contribution >= 0.6 is 0 Å². The van der Waals surface area contributed by atoms with Gasteiger partial charge in [-0.15, -0.1) is 0 Å². The Kier molecular flexibility index (Phi) is 3.26. The number of benzene rings is 2. The number of nitrogen functional groups attached to an aromatic ring is 1. The van der Waals surface area contributed by atoms with E-state index in [2.05, 4.69) is 54.3 Å². The molecule has 0 atom stereocenters. The van der Waals surface area contributed by atoms with Crippen molar-refractivity contribution in [3.63, 3.8) is 0 Å². The number of fused-ring (bicyclic) bond motifs is 1. The molecule has 2 aromatic carbocycles. The molecule has 98 valence electrons. The number of anilines is 1. The zero-order valence-corrected chi connectivity index (χ0v) is 11.4. The minimum absolute atomic E-state index is 0.916. The number of aryl methyl sites for hydroxylation is 1. The minimum atomic E-state index is 0.916. The van der Waals surface area contributed by atoms with E-state index in [1.807, 2.05) is 0 Å². The van der Waals surface area contributed by atoms with Crippen molar-refractivity contribution in [3.05, 3.63) is 64.7 Å². The van der Waals surface area contributed by atoms with Crippen LogP contribution in [0.15, 0.2) is 42.5 Å². The number of hydrogen-bond acceptors (Lipinski definition) is 2. The van der Waals surface area contributed by atoms with Gasteiger partial charge in [0.15, 0.2) is 0 Å². The highest BCUT2D eigenvalue weighted by molar-refractivity contribution is 5.49. The van der Waals surface area contributed by atoms with Crippen LogP contribution in [0.4, 0.5) is 5.69 Å². The summed E-state index contributed by atoms with van der Waals surface area (Å²) < 4.78 is 0. The van der Waals surface area contributed by atoms with Gasteiger partial charge in [-0.05, 0) is 41.7 Å². The highest BCUT2D eigenvalue weighted by Crippen LogP contribution is 2.22. The van der Waals surface area contributed by atoms with Crippen LogP contribution in [0, 0.1) is 6.92 Å². The molecule has 2 N–H and O–H groups in total. The molecule has 1 heterocycles. The maximum absolute atomic E-state index is 6.11. The largest absolute Gasteiger partial charge is 0.398 e. The van der Waals surface area contributed by atoms with Crippen LogP contribution in [0.3, 0.4) is 0 Å². The molecule has 2 heteroatoms. The van der Waals surface area contributed by atoms with E-state index in [1.54, 1.807) is 0 Å². The smallest absolute Gasteiger partial charge is 0.0362 e. The molecule has 0 fully saturated rings. The first-order valence-corrected chi connectivity index (χ1v) is 6.86. The Balaban J connectivity index is 1.75. The Labute approximate surface area is 114 Å². The zero-order chi connectivity index (χ0) is 13.2. The number of nitrogens with two attached hydrogens (primary N) is 1. The summed E-state index contributed by atoms with van der Waals surface area (Å²) in [5, 5.41) is 0. The molecular weight excluding hydrogens is 232 g/mol. The second-order valence-electron chi connectivity index (χ2n) is 5.43. The second-order valence-corrected chi connectivity index (χ2v) is 5.43. The van der Waals surface area contributed by atoms with E-state index in [0.717, 1.165) is 31.7 Å². The van der Waals surface area contributed by atoms with E-state index in [4.69, 9.17) is 5.73 Å². The molecule has 0 radical (unpaired) electrons. The lowest BCUT2D eigenvalue weighted by Gasteiger charge is -2.29. The minimum Gasteiger partial charge on any atom is -0.398 e. The first-order valence-electron chi connectivity index (χ1n) is 6.86. The molecule has 2 aromatic rings. The molecule has 1 aliphatic heterocycles. The van der Waals surface area contributed by atoms with Gasteiger partial charge in [0.2, 0.25) is 0 Å². The SMILES string of the molecule is Cc1ccc(CN2CCc3ccccc3C2)c(N)c1. The molecule has 0 bridgehead atoms. The molecule has 0 amide bonds. The molecule has 3 rings (SSSR count). The summed E-state index contributed by atoms with van der Waals surface area (Å²) in [4.78, 5) is 2.48. The van der Waals surface area contributed by atoms with E-state index in [1.165, 1.54) is 22.3 Å². The lowest BCUT2D eigenvalue weighted by atomic mass is 9.99. The molecule has 2 nitrogen and oxygen atoms in total. The van der Waals surface area contributed by atoms with Crippen LogP contribution in [-0.4, -0.2) is 11.4 Å². The molecule has 1 aliphatic rings. The van der Waals surface area contributed by atoms with Gasteiger partial charge in [0.1, 0.15) is 0 Å². The van der Waals surface area contributed by atoms with Crippen molar-refractivity contribution in [2.75, 3.05) is 12.3 Å². The summed E-state index contributed by atoms with van der Waals surface area (Å²) in [6, 6.07) is 15.1. The van der Waals surface area contributed by atoms with Gasteiger partial charge < -0.3 is 5.73 Å². The molecule has 0 saturated heterocycles. The predicted molar refractivity (Wildman–Crippen MR) is 79.9 cm³/mol. The quantitative estimate of drug-likeness (QED) is 0.832. The molecule has 0 spiro atoms. The monoisotopic (exact) mass is 252 g/mol. The Morgan fingerprint density at radius 1 is 1.11 bits per heavy atom. The van der Waals surface area contributed by atoms with Crippen molar-refractivity contribution in [3.8, 4) is 0 Å². The normalized spacial score (nSPS) is 15.2. The van der Waals surface area contributed by atoms with Crippen LogP contribution in [-0.2, 0) is 19.5 Å². The topological polar surface area (TPSA) is 29.3 Å². The molecule has 0 saturated carbocycles. The molecule has 0 aliphatic carbocycles. The lowest BCUT2D eigenvalue weighted by Crippen LogP contribution is -2.30. The maximum atomic E-state index is 6.11. The van der Waals surface area contributed by atoms with Crippen molar-refractivity contribution in [2.24, 2.45) is 0 Å². The van der Waals surface area contributed by atoms with Crippen molar-refractivity contribution >= 4 is 5.69 Å². The highest BCUT2D eigenvalue weighted by Gasteiger charge is 2.16. The average Bonchev–Trinajstić information content (AvgIpc) is 2.42. The van der Waals surface area contributed by atoms with Crippen LogP contribution in [0.1, 0.15) is 22.3 Å². The third-order valence-electron chi connectivity index (χ3n) is 3.91. The van der Waals surface area contributed by atoms with Gasteiger partial charge in [0.25, 0.3) is 0 Å². The first-order chi connectivity index (χ1) is 9.22. The molecule has 19 heavy (non-hydrogen) atoms. The van der Waals surface area contributed by atoms with Crippen LogP contribution < -0.4 is 5.73 Å².